The minimum absolute atomic E-state index is 0.0821. The maximum absolute atomic E-state index is 12.4. The molecule has 0 aromatic heterocycles. The first-order valence-corrected chi connectivity index (χ1v) is 6.48. The Hall–Kier alpha value is -1.06. The summed E-state index contributed by atoms with van der Waals surface area (Å²) in [5, 5.41) is 0. The van der Waals surface area contributed by atoms with E-state index in [4.69, 9.17) is 4.74 Å². The molecule has 0 aliphatic heterocycles. The lowest BCUT2D eigenvalue weighted by Crippen LogP contribution is -2.44. The number of nitrogens with zero attached hydrogens (tertiary/aromatic N) is 1. The molecule has 0 atom stereocenters. The molecule has 1 amide bonds. The maximum atomic E-state index is 12.4. The second-order valence-electron chi connectivity index (χ2n) is 4.89. The summed E-state index contributed by atoms with van der Waals surface area (Å²) in [5.74, 6) is -0.213. The number of likely N-dealkylation sites (N-methyl/N-ethyl adjacent to an activating group) is 1. The summed E-state index contributed by atoms with van der Waals surface area (Å²) in [6.45, 7) is 6.69. The Labute approximate surface area is 103 Å². The van der Waals surface area contributed by atoms with Crippen LogP contribution in [-0.4, -0.2) is 36.5 Å². The second-order valence-corrected chi connectivity index (χ2v) is 4.89. The van der Waals surface area contributed by atoms with Gasteiger partial charge in [-0.3, -0.25) is 9.59 Å². The Morgan fingerprint density at radius 2 is 1.82 bits per heavy atom. The van der Waals surface area contributed by atoms with Crippen LogP contribution in [0.25, 0.3) is 0 Å². The van der Waals surface area contributed by atoms with Gasteiger partial charge in [0, 0.05) is 12.0 Å². The van der Waals surface area contributed by atoms with Crippen LogP contribution in [0.15, 0.2) is 0 Å². The Morgan fingerprint density at radius 3 is 2.29 bits per heavy atom. The van der Waals surface area contributed by atoms with E-state index < -0.39 is 0 Å². The van der Waals surface area contributed by atoms with Crippen LogP contribution in [0.4, 0.5) is 0 Å². The summed E-state index contributed by atoms with van der Waals surface area (Å²) in [4.78, 5) is 25.4. The van der Waals surface area contributed by atoms with Crippen LogP contribution < -0.4 is 0 Å². The highest BCUT2D eigenvalue weighted by Crippen LogP contribution is 2.39. The zero-order valence-electron chi connectivity index (χ0n) is 11.1. The number of hydrogen-bond donors (Lipinski definition) is 0. The number of ether oxygens (including phenoxy) is 1. The fourth-order valence-corrected chi connectivity index (χ4v) is 2.44. The highest BCUT2D eigenvalue weighted by Gasteiger charge is 2.39. The van der Waals surface area contributed by atoms with E-state index in [-0.39, 0.29) is 23.8 Å². The van der Waals surface area contributed by atoms with E-state index in [0.717, 1.165) is 25.7 Å². The van der Waals surface area contributed by atoms with Gasteiger partial charge in [-0.2, -0.15) is 0 Å². The zero-order valence-corrected chi connectivity index (χ0v) is 11.1. The van der Waals surface area contributed by atoms with Gasteiger partial charge in [-0.05, 0) is 26.7 Å². The number of esters is 1. The molecule has 1 aliphatic rings. The van der Waals surface area contributed by atoms with Gasteiger partial charge >= 0.3 is 5.97 Å². The van der Waals surface area contributed by atoms with Crippen LogP contribution in [0.3, 0.4) is 0 Å². The van der Waals surface area contributed by atoms with Crippen LogP contribution in [0, 0.1) is 5.41 Å². The van der Waals surface area contributed by atoms with Gasteiger partial charge in [-0.15, -0.1) is 0 Å². The Morgan fingerprint density at radius 1 is 1.24 bits per heavy atom. The lowest BCUT2D eigenvalue weighted by atomic mass is 9.87. The summed E-state index contributed by atoms with van der Waals surface area (Å²) in [7, 11) is 0. The van der Waals surface area contributed by atoms with Crippen molar-refractivity contribution in [2.45, 2.75) is 46.5 Å². The molecule has 0 bridgehead atoms. The topological polar surface area (TPSA) is 46.6 Å². The van der Waals surface area contributed by atoms with Gasteiger partial charge in [-0.1, -0.05) is 19.8 Å². The molecule has 0 unspecified atom stereocenters. The highest BCUT2D eigenvalue weighted by atomic mass is 16.5. The summed E-state index contributed by atoms with van der Waals surface area (Å²) in [6.07, 6.45) is 4.09. The van der Waals surface area contributed by atoms with E-state index in [2.05, 4.69) is 0 Å². The van der Waals surface area contributed by atoms with Gasteiger partial charge in [0.15, 0.2) is 0 Å². The summed E-state index contributed by atoms with van der Waals surface area (Å²) < 4.78 is 4.89. The van der Waals surface area contributed by atoms with E-state index in [1.165, 1.54) is 0 Å². The molecule has 0 aromatic carbocycles. The van der Waals surface area contributed by atoms with Crippen molar-refractivity contribution >= 4 is 11.9 Å². The van der Waals surface area contributed by atoms with E-state index in [1.807, 2.05) is 13.8 Å². The van der Waals surface area contributed by atoms with Gasteiger partial charge in [0.2, 0.25) is 5.91 Å². The van der Waals surface area contributed by atoms with E-state index >= 15 is 0 Å². The third-order valence-corrected chi connectivity index (χ3v) is 3.52. The standard InChI is InChI=1S/C13H23NO3/c1-4-14(10-11(15)17-5-2)12(16)13(3)8-6-7-9-13/h4-10H2,1-3H3. The molecule has 0 saturated heterocycles. The molecule has 0 heterocycles. The summed E-state index contributed by atoms with van der Waals surface area (Å²) in [6, 6.07) is 0. The van der Waals surface area contributed by atoms with Crippen LogP contribution in [0.1, 0.15) is 46.5 Å². The normalized spacial score (nSPS) is 17.8. The van der Waals surface area contributed by atoms with Gasteiger partial charge in [0.1, 0.15) is 6.54 Å². The first kappa shape index (κ1) is 14.0. The first-order valence-electron chi connectivity index (χ1n) is 6.48. The van der Waals surface area contributed by atoms with Gasteiger partial charge in [0.05, 0.1) is 6.61 Å². The molecule has 4 nitrogen and oxygen atoms in total. The molecule has 98 valence electrons. The Kier molecular flexibility index (Phi) is 4.97. The molecule has 17 heavy (non-hydrogen) atoms. The number of amides is 1. The average Bonchev–Trinajstić information content (AvgIpc) is 2.74. The van der Waals surface area contributed by atoms with Crippen LogP contribution in [0.5, 0.6) is 0 Å². The third kappa shape index (κ3) is 3.45. The number of hydrogen-bond acceptors (Lipinski definition) is 3. The van der Waals surface area contributed by atoms with Gasteiger partial charge < -0.3 is 9.64 Å². The molecule has 1 aliphatic carbocycles. The van der Waals surface area contributed by atoms with Crippen molar-refractivity contribution in [3.8, 4) is 0 Å². The lowest BCUT2D eigenvalue weighted by Gasteiger charge is -2.30. The summed E-state index contributed by atoms with van der Waals surface area (Å²) >= 11 is 0. The minimum Gasteiger partial charge on any atom is -0.465 e. The Balaban J connectivity index is 2.60. The maximum Gasteiger partial charge on any atom is 0.325 e. The van der Waals surface area contributed by atoms with Crippen LogP contribution in [0.2, 0.25) is 0 Å². The highest BCUT2D eigenvalue weighted by molar-refractivity contribution is 5.86. The quantitative estimate of drug-likeness (QED) is 0.691. The van der Waals surface area contributed by atoms with Gasteiger partial charge in [0.25, 0.3) is 0 Å². The van der Waals surface area contributed by atoms with Crippen molar-refractivity contribution in [1.82, 2.24) is 4.90 Å². The lowest BCUT2D eigenvalue weighted by molar-refractivity contribution is -0.152. The zero-order chi connectivity index (χ0) is 12.9. The molecule has 4 heteroatoms. The first-order chi connectivity index (χ1) is 8.03. The van der Waals surface area contributed by atoms with E-state index in [9.17, 15) is 9.59 Å². The predicted molar refractivity (Wildman–Crippen MR) is 65.5 cm³/mol. The number of carbonyl (C=O) groups is 2. The fraction of sp³-hybridized carbons (Fsp3) is 0.846. The van der Waals surface area contributed by atoms with Crippen molar-refractivity contribution < 1.29 is 14.3 Å². The monoisotopic (exact) mass is 241 g/mol. The van der Waals surface area contributed by atoms with Crippen molar-refractivity contribution in [2.24, 2.45) is 5.41 Å². The number of rotatable bonds is 5. The third-order valence-electron chi connectivity index (χ3n) is 3.52. The SMILES string of the molecule is CCOC(=O)CN(CC)C(=O)C1(C)CCCC1. The van der Waals surface area contributed by atoms with Crippen molar-refractivity contribution in [2.75, 3.05) is 19.7 Å². The van der Waals surface area contributed by atoms with Gasteiger partial charge in [-0.25, -0.2) is 0 Å². The van der Waals surface area contributed by atoms with Crippen LogP contribution in [-0.2, 0) is 14.3 Å². The van der Waals surface area contributed by atoms with E-state index in [0.29, 0.717) is 13.2 Å². The smallest absolute Gasteiger partial charge is 0.325 e. The molecular weight excluding hydrogens is 218 g/mol. The largest absolute Gasteiger partial charge is 0.465 e. The molecule has 1 saturated carbocycles. The fourth-order valence-electron chi connectivity index (χ4n) is 2.44. The predicted octanol–water partition coefficient (Wildman–Crippen LogP) is 1.98. The molecule has 1 fully saturated rings. The molecule has 0 aromatic rings. The average molecular weight is 241 g/mol. The summed E-state index contributed by atoms with van der Waals surface area (Å²) in [5.41, 5.74) is -0.261. The molecule has 0 N–H and O–H groups in total. The van der Waals surface area contributed by atoms with E-state index in [1.54, 1.807) is 11.8 Å². The molecule has 0 spiro atoms. The number of carbonyl (C=O) groups excluding carboxylic acids is 2. The molecule has 0 radical (unpaired) electrons. The van der Waals surface area contributed by atoms with Crippen molar-refractivity contribution in [3.63, 3.8) is 0 Å². The van der Waals surface area contributed by atoms with Crippen molar-refractivity contribution in [1.29, 1.82) is 0 Å². The van der Waals surface area contributed by atoms with Crippen LogP contribution >= 0.6 is 0 Å². The minimum atomic E-state index is -0.315. The van der Waals surface area contributed by atoms with Crippen molar-refractivity contribution in [3.05, 3.63) is 0 Å². The molecular formula is C13H23NO3. The Bertz CT molecular complexity index is 282. The second kappa shape index (κ2) is 6.03. The molecule has 1 rings (SSSR count).